The van der Waals surface area contributed by atoms with Crippen LogP contribution in [0.15, 0.2) is 36.4 Å². The molecular formula is C32H35NO10. The fraction of sp³-hybridized carbons (Fsp3) is 0.406. The second-order valence-electron chi connectivity index (χ2n) is 10.5. The Morgan fingerprint density at radius 2 is 1.23 bits per heavy atom. The van der Waals surface area contributed by atoms with Crippen molar-refractivity contribution in [2.75, 3.05) is 56.1 Å². The van der Waals surface area contributed by atoms with Gasteiger partial charge >= 0.3 is 5.97 Å². The van der Waals surface area contributed by atoms with Crippen LogP contribution < -0.4 is 43.2 Å². The minimum absolute atomic E-state index is 0.130. The smallest absolute Gasteiger partial charge is 0.310 e. The van der Waals surface area contributed by atoms with E-state index in [2.05, 4.69) is 5.32 Å². The molecule has 1 fully saturated rings. The number of ether oxygens (including phenoxy) is 9. The third kappa shape index (κ3) is 4.77. The Morgan fingerprint density at radius 1 is 0.698 bits per heavy atom. The van der Waals surface area contributed by atoms with Gasteiger partial charge < -0.3 is 47.9 Å². The van der Waals surface area contributed by atoms with E-state index in [1.165, 1.54) is 0 Å². The number of fused-ring (bicyclic) bond motifs is 3. The average molecular weight is 594 g/mol. The Morgan fingerprint density at radius 3 is 1.77 bits per heavy atom. The lowest BCUT2D eigenvalue weighted by Gasteiger charge is -2.39. The van der Waals surface area contributed by atoms with E-state index >= 15 is 0 Å². The molecule has 0 bridgehead atoms. The van der Waals surface area contributed by atoms with Crippen LogP contribution in [0, 0.1) is 11.8 Å². The molecule has 3 aromatic carbocycles. The molecule has 0 amide bonds. The van der Waals surface area contributed by atoms with Gasteiger partial charge in [-0.2, -0.15) is 0 Å². The van der Waals surface area contributed by atoms with Crippen molar-refractivity contribution in [2.24, 2.45) is 11.8 Å². The molecule has 0 radical (unpaired) electrons. The first kappa shape index (κ1) is 28.6. The molecule has 43 heavy (non-hydrogen) atoms. The molecule has 0 spiro atoms. The maximum atomic E-state index is 13.5. The average Bonchev–Trinajstić information content (AvgIpc) is 3.66. The van der Waals surface area contributed by atoms with E-state index in [9.17, 15) is 4.79 Å². The summed E-state index contributed by atoms with van der Waals surface area (Å²) in [4.78, 5) is 13.5. The number of carbonyl (C=O) groups is 1. The van der Waals surface area contributed by atoms with Crippen LogP contribution in [0.5, 0.6) is 46.0 Å². The lowest BCUT2D eigenvalue weighted by atomic mass is 9.65. The van der Waals surface area contributed by atoms with Crippen LogP contribution in [0.1, 0.15) is 34.2 Å². The van der Waals surface area contributed by atoms with Gasteiger partial charge in [0.15, 0.2) is 34.5 Å². The molecule has 3 aliphatic rings. The van der Waals surface area contributed by atoms with E-state index in [-0.39, 0.29) is 37.2 Å². The third-order valence-corrected chi connectivity index (χ3v) is 8.48. The summed E-state index contributed by atoms with van der Waals surface area (Å²) in [5.74, 6) is 3.14. The van der Waals surface area contributed by atoms with E-state index < -0.39 is 5.92 Å². The zero-order valence-electron chi connectivity index (χ0n) is 25.0. The summed E-state index contributed by atoms with van der Waals surface area (Å²) in [6.45, 7) is 0.859. The van der Waals surface area contributed by atoms with Crippen LogP contribution in [-0.4, -0.2) is 62.0 Å². The SMILES string of the molecule is COc1cc(CNC2c3cc4c(cc3C(c3cc(OC)c(OC)c(OC)c3)[C@H]3C(=O)OCC23)OCO4)cc(OC)c1OC. The molecule has 1 saturated heterocycles. The number of carbonyl (C=O) groups excluding carboxylic acids is 1. The van der Waals surface area contributed by atoms with Crippen molar-refractivity contribution in [3.05, 3.63) is 58.7 Å². The zero-order chi connectivity index (χ0) is 30.2. The van der Waals surface area contributed by atoms with Crippen molar-refractivity contribution in [3.8, 4) is 46.0 Å². The first-order valence-corrected chi connectivity index (χ1v) is 13.9. The highest BCUT2D eigenvalue weighted by atomic mass is 16.7. The van der Waals surface area contributed by atoms with Crippen LogP contribution in [0.2, 0.25) is 0 Å². The fourth-order valence-electron chi connectivity index (χ4n) is 6.57. The van der Waals surface area contributed by atoms with Crippen LogP contribution in [0.4, 0.5) is 0 Å². The van der Waals surface area contributed by atoms with Crippen LogP contribution in [-0.2, 0) is 16.1 Å². The summed E-state index contributed by atoms with van der Waals surface area (Å²) in [5.41, 5.74) is 3.69. The van der Waals surface area contributed by atoms with Crippen molar-refractivity contribution >= 4 is 5.97 Å². The molecule has 3 aromatic rings. The largest absolute Gasteiger partial charge is 0.493 e. The molecule has 0 aromatic heterocycles. The Balaban J connectivity index is 1.46. The first-order valence-electron chi connectivity index (χ1n) is 13.9. The summed E-state index contributed by atoms with van der Waals surface area (Å²) in [7, 11) is 9.45. The second kappa shape index (κ2) is 11.6. The molecule has 228 valence electrons. The second-order valence-corrected chi connectivity index (χ2v) is 10.5. The number of methoxy groups -OCH3 is 6. The number of rotatable bonds is 10. The number of hydrogen-bond acceptors (Lipinski definition) is 11. The molecule has 3 unspecified atom stereocenters. The number of cyclic esters (lactones) is 1. The minimum atomic E-state index is -0.479. The molecule has 0 saturated carbocycles. The highest BCUT2D eigenvalue weighted by Gasteiger charge is 2.52. The molecule has 2 heterocycles. The molecule has 1 N–H and O–H groups in total. The van der Waals surface area contributed by atoms with E-state index in [1.807, 2.05) is 36.4 Å². The van der Waals surface area contributed by atoms with E-state index in [0.29, 0.717) is 52.5 Å². The maximum Gasteiger partial charge on any atom is 0.310 e. The van der Waals surface area contributed by atoms with Gasteiger partial charge in [0.05, 0.1) is 55.2 Å². The van der Waals surface area contributed by atoms with E-state index in [4.69, 9.17) is 42.6 Å². The van der Waals surface area contributed by atoms with Crippen molar-refractivity contribution in [1.82, 2.24) is 5.32 Å². The van der Waals surface area contributed by atoms with Crippen molar-refractivity contribution in [3.63, 3.8) is 0 Å². The van der Waals surface area contributed by atoms with E-state index in [0.717, 1.165) is 22.3 Å². The van der Waals surface area contributed by atoms with Gasteiger partial charge in [0.1, 0.15) is 0 Å². The van der Waals surface area contributed by atoms with Gasteiger partial charge in [0.25, 0.3) is 0 Å². The minimum Gasteiger partial charge on any atom is -0.493 e. The topological polar surface area (TPSA) is 112 Å². The summed E-state index contributed by atoms with van der Waals surface area (Å²) < 4.78 is 50.8. The molecule has 1 aliphatic carbocycles. The highest BCUT2D eigenvalue weighted by molar-refractivity contribution is 5.79. The van der Waals surface area contributed by atoms with Crippen LogP contribution in [0.3, 0.4) is 0 Å². The summed E-state index contributed by atoms with van der Waals surface area (Å²) in [5, 5.41) is 3.70. The summed E-state index contributed by atoms with van der Waals surface area (Å²) in [6, 6.07) is 11.3. The van der Waals surface area contributed by atoms with Crippen LogP contribution in [0.25, 0.3) is 0 Å². The summed E-state index contributed by atoms with van der Waals surface area (Å²) in [6.07, 6.45) is 0. The lowest BCUT2D eigenvalue weighted by Crippen LogP contribution is -2.40. The van der Waals surface area contributed by atoms with Crippen molar-refractivity contribution < 1.29 is 47.4 Å². The van der Waals surface area contributed by atoms with Crippen LogP contribution >= 0.6 is 0 Å². The van der Waals surface area contributed by atoms with Crippen molar-refractivity contribution in [1.29, 1.82) is 0 Å². The molecule has 11 nitrogen and oxygen atoms in total. The Labute approximate surface area is 249 Å². The van der Waals surface area contributed by atoms with Gasteiger partial charge in [-0.15, -0.1) is 0 Å². The zero-order valence-corrected chi connectivity index (χ0v) is 25.0. The molecule has 6 rings (SSSR count). The number of nitrogens with one attached hydrogen (secondary N) is 1. The van der Waals surface area contributed by atoms with Gasteiger partial charge in [-0.05, 0) is 58.7 Å². The first-order chi connectivity index (χ1) is 21.0. The monoisotopic (exact) mass is 593 g/mol. The van der Waals surface area contributed by atoms with Crippen molar-refractivity contribution in [2.45, 2.75) is 18.5 Å². The highest BCUT2D eigenvalue weighted by Crippen LogP contribution is 2.55. The maximum absolute atomic E-state index is 13.5. The fourth-order valence-corrected chi connectivity index (χ4v) is 6.57. The normalized spacial score (nSPS) is 21.4. The Kier molecular flexibility index (Phi) is 7.74. The molecule has 4 atom stereocenters. The molecule has 2 aliphatic heterocycles. The third-order valence-electron chi connectivity index (χ3n) is 8.48. The van der Waals surface area contributed by atoms with Gasteiger partial charge in [-0.25, -0.2) is 0 Å². The van der Waals surface area contributed by atoms with Gasteiger partial charge in [-0.3, -0.25) is 4.79 Å². The van der Waals surface area contributed by atoms with Gasteiger partial charge in [0, 0.05) is 24.4 Å². The predicted octanol–water partition coefficient (Wildman–Crippen LogP) is 4.23. The number of benzene rings is 3. The summed E-state index contributed by atoms with van der Waals surface area (Å²) >= 11 is 0. The Hall–Kier alpha value is -4.51. The Bertz CT molecular complexity index is 1490. The van der Waals surface area contributed by atoms with Gasteiger partial charge in [-0.1, -0.05) is 0 Å². The number of hydrogen-bond donors (Lipinski definition) is 1. The standard InChI is InChI=1S/C32H35NO10/c1-35-23-7-16(8-24(36-2)30(23)39-5)13-33-29-19-12-22-21(42-15-43-22)11-18(19)27(28-20(29)14-41-32(28)34)17-9-25(37-3)31(40-6)26(10-17)38-4/h7-12,20,27-29,33H,13-15H2,1-6H3/t20?,27?,28-,29?/m0/s1. The number of esters is 1. The molecule has 11 heteroatoms. The lowest BCUT2D eigenvalue weighted by molar-refractivity contribution is -0.141. The van der Waals surface area contributed by atoms with Gasteiger partial charge in [0.2, 0.25) is 18.3 Å². The van der Waals surface area contributed by atoms with E-state index in [1.54, 1.807) is 42.7 Å². The predicted molar refractivity (Wildman–Crippen MR) is 154 cm³/mol. The molecular weight excluding hydrogens is 558 g/mol. The quantitative estimate of drug-likeness (QED) is 0.341.